The average molecular weight is 672 g/mol. The molecule has 1 heterocycles. The maximum atomic E-state index is 13.8. The van der Waals surface area contributed by atoms with Gasteiger partial charge in [-0.05, 0) is 60.0 Å². The van der Waals surface area contributed by atoms with Gasteiger partial charge in [0, 0.05) is 29.8 Å². The van der Waals surface area contributed by atoms with Crippen LogP contribution in [-0.4, -0.2) is 65.3 Å². The zero-order chi connectivity index (χ0) is 34.7. The van der Waals surface area contributed by atoms with E-state index in [9.17, 15) is 50.1 Å². The van der Waals surface area contributed by atoms with Crippen LogP contribution < -0.4 is 16.0 Å². The summed E-state index contributed by atoms with van der Waals surface area (Å²) in [6, 6.07) is 17.2. The number of aromatic hydroxyl groups is 7. The van der Waals surface area contributed by atoms with Gasteiger partial charge in [-0.3, -0.25) is 19.3 Å². The first kappa shape index (κ1) is 33.2. The molecule has 0 saturated carbocycles. The third-order valence-electron chi connectivity index (χ3n) is 7.49. The van der Waals surface area contributed by atoms with Crippen molar-refractivity contribution in [3.63, 3.8) is 0 Å². The van der Waals surface area contributed by atoms with Gasteiger partial charge in [0.2, 0.25) is 35.0 Å². The van der Waals surface area contributed by atoms with Crippen LogP contribution in [0.25, 0.3) is 0 Å². The van der Waals surface area contributed by atoms with Crippen LogP contribution in [0.2, 0.25) is 0 Å². The lowest BCUT2D eigenvalue weighted by atomic mass is 10.1. The van der Waals surface area contributed by atoms with E-state index in [0.717, 1.165) is 0 Å². The van der Waals surface area contributed by atoms with Crippen LogP contribution in [0.15, 0.2) is 66.7 Å². The van der Waals surface area contributed by atoms with Gasteiger partial charge >= 0.3 is 0 Å². The number of carbonyl (C=O) groups excluding carboxylic acids is 3. The van der Waals surface area contributed by atoms with Gasteiger partial charge in [0.05, 0.1) is 5.25 Å². The van der Waals surface area contributed by atoms with Gasteiger partial charge in [0.15, 0.2) is 23.0 Å². The number of phenolic OH excluding ortho intramolecular Hbond substituents is 7. The lowest BCUT2D eigenvalue weighted by Crippen LogP contribution is -2.34. The van der Waals surface area contributed by atoms with Gasteiger partial charge < -0.3 is 46.8 Å². The van der Waals surface area contributed by atoms with Crippen molar-refractivity contribution >= 4 is 35.2 Å². The molecule has 10 N–H and O–H groups in total. The van der Waals surface area contributed by atoms with Crippen molar-refractivity contribution in [3.8, 4) is 52.1 Å². The topological polar surface area (TPSA) is 234 Å². The number of hydrogen-bond acceptors (Lipinski definition) is 11. The summed E-state index contributed by atoms with van der Waals surface area (Å²) in [6.07, 6.45) is 0.235. The van der Waals surface area contributed by atoms with Gasteiger partial charge in [0.1, 0.15) is 10.9 Å². The number of benzene rings is 4. The molecule has 1 saturated heterocycles. The molecule has 4 aromatic rings. The molecule has 13 nitrogen and oxygen atoms in total. The predicted octanol–water partition coefficient (Wildman–Crippen LogP) is 3.02. The molecule has 0 radical (unpaired) electrons. The fourth-order valence-corrected chi connectivity index (χ4v) is 6.41. The predicted molar refractivity (Wildman–Crippen MR) is 175 cm³/mol. The van der Waals surface area contributed by atoms with Crippen molar-refractivity contribution in [1.29, 1.82) is 0 Å². The highest BCUT2D eigenvalue weighted by atomic mass is 32.2. The third-order valence-corrected chi connectivity index (χ3v) is 8.93. The highest BCUT2D eigenvalue weighted by Gasteiger charge is 2.43. The number of hydrogen-bond donors (Lipinski definition) is 9. The Kier molecular flexibility index (Phi) is 9.44. The number of primary amides is 1. The van der Waals surface area contributed by atoms with Gasteiger partial charge in [0.25, 0.3) is 0 Å². The van der Waals surface area contributed by atoms with E-state index < -0.39 is 50.8 Å². The fourth-order valence-electron chi connectivity index (χ4n) is 4.96. The first-order valence-electron chi connectivity index (χ1n) is 14.3. The maximum Gasteiger partial charge on any atom is 0.248 e. The Bertz CT molecular complexity index is 1960. The monoisotopic (exact) mass is 671 g/mol. The van der Waals surface area contributed by atoms with Crippen molar-refractivity contribution in [2.45, 2.75) is 23.5 Å². The Morgan fingerprint density at radius 1 is 0.812 bits per heavy atom. The highest BCUT2D eigenvalue weighted by Crippen LogP contribution is 2.50. The summed E-state index contributed by atoms with van der Waals surface area (Å²) in [6.45, 7) is 0.226. The van der Waals surface area contributed by atoms with Crippen LogP contribution >= 0.6 is 11.8 Å². The van der Waals surface area contributed by atoms with E-state index in [2.05, 4.69) is 17.2 Å². The first-order valence-corrected chi connectivity index (χ1v) is 15.3. The highest BCUT2D eigenvalue weighted by molar-refractivity contribution is 8.01. The molecule has 0 bridgehead atoms. The number of thioether (sulfide) groups is 1. The number of nitrogens with one attached hydrogen (secondary N) is 1. The standard InChI is InChI=1S/C34H29N3O10S/c35-32(46)20-2-1-3-21(15-20)37-33(47)25(16-26(40)36-13-12-18-7-11-23(38)24(39)14-18)48-34(37)19-8-4-17(5-9-19)6-10-22-27(41)29(43)31(45)30(44)28(22)42/h1-5,7-9,11,14-15,25,34,38-39,41-45H,12-13,16H2,(H2,35,46)(H,36,40). The minimum absolute atomic E-state index is 0.143. The maximum absolute atomic E-state index is 13.8. The Morgan fingerprint density at radius 2 is 1.48 bits per heavy atom. The van der Waals surface area contributed by atoms with Gasteiger partial charge in [-0.1, -0.05) is 36.1 Å². The Labute approximate surface area is 277 Å². The summed E-state index contributed by atoms with van der Waals surface area (Å²) < 4.78 is 0. The molecule has 246 valence electrons. The van der Waals surface area contributed by atoms with Crippen molar-refractivity contribution in [2.24, 2.45) is 5.73 Å². The van der Waals surface area contributed by atoms with Crippen molar-refractivity contribution < 1.29 is 50.1 Å². The number of rotatable bonds is 8. The molecule has 1 aliphatic rings. The first-order chi connectivity index (χ1) is 22.8. The lowest BCUT2D eigenvalue weighted by molar-refractivity contribution is -0.124. The van der Waals surface area contributed by atoms with Gasteiger partial charge in [-0.25, -0.2) is 0 Å². The number of phenols is 7. The van der Waals surface area contributed by atoms with E-state index in [0.29, 0.717) is 28.8 Å². The summed E-state index contributed by atoms with van der Waals surface area (Å²) in [4.78, 5) is 40.0. The molecule has 3 amide bonds. The second-order valence-corrected chi connectivity index (χ2v) is 12.0. The van der Waals surface area contributed by atoms with E-state index in [-0.39, 0.29) is 41.8 Å². The van der Waals surface area contributed by atoms with Crippen molar-refractivity contribution in [2.75, 3.05) is 11.4 Å². The van der Waals surface area contributed by atoms with Crippen LogP contribution in [0.3, 0.4) is 0 Å². The van der Waals surface area contributed by atoms with E-state index in [1.165, 1.54) is 40.9 Å². The molecule has 0 spiro atoms. The minimum Gasteiger partial charge on any atom is -0.504 e. The molecule has 0 aliphatic carbocycles. The SMILES string of the molecule is NC(=O)c1cccc(N2C(=O)C(CC(=O)NCCc3ccc(O)c(O)c3)SC2c2ccc(C#Cc3c(O)c(O)c(O)c(O)c3O)cc2)c1. The lowest BCUT2D eigenvalue weighted by Gasteiger charge is -2.24. The zero-order valence-electron chi connectivity index (χ0n) is 24.9. The Morgan fingerprint density at radius 3 is 2.12 bits per heavy atom. The van der Waals surface area contributed by atoms with Crippen molar-refractivity contribution in [3.05, 3.63) is 94.5 Å². The summed E-state index contributed by atoms with van der Waals surface area (Å²) in [7, 11) is 0. The van der Waals surface area contributed by atoms with E-state index >= 15 is 0 Å². The molecule has 4 aromatic carbocycles. The zero-order valence-corrected chi connectivity index (χ0v) is 25.7. The number of anilines is 1. The summed E-state index contributed by atoms with van der Waals surface area (Å²) in [5, 5.41) is 69.8. The summed E-state index contributed by atoms with van der Waals surface area (Å²) >= 11 is 1.23. The Balaban J connectivity index is 1.36. The van der Waals surface area contributed by atoms with E-state index in [4.69, 9.17) is 5.73 Å². The molecule has 2 unspecified atom stereocenters. The second-order valence-electron chi connectivity index (χ2n) is 10.7. The quantitative estimate of drug-likeness (QED) is 0.0750. The van der Waals surface area contributed by atoms with Gasteiger partial charge in [-0.2, -0.15) is 0 Å². The normalized spacial score (nSPS) is 15.5. The average Bonchev–Trinajstić information content (AvgIpc) is 3.39. The molecule has 1 aliphatic heterocycles. The van der Waals surface area contributed by atoms with Crippen LogP contribution in [0.1, 0.15) is 44.4 Å². The minimum atomic E-state index is -1.10. The fraction of sp³-hybridized carbons (Fsp3) is 0.147. The molecular formula is C34H29N3O10S. The number of carbonyl (C=O) groups is 3. The van der Waals surface area contributed by atoms with Crippen LogP contribution in [-0.2, 0) is 16.0 Å². The molecule has 14 heteroatoms. The third kappa shape index (κ3) is 6.81. The molecule has 0 aromatic heterocycles. The molecule has 5 rings (SSSR count). The largest absolute Gasteiger partial charge is 0.504 e. The molecular weight excluding hydrogens is 642 g/mol. The van der Waals surface area contributed by atoms with Gasteiger partial charge in [-0.15, -0.1) is 11.8 Å². The number of nitrogens with zero attached hydrogens (tertiary/aromatic N) is 1. The summed E-state index contributed by atoms with van der Waals surface area (Å²) in [5.41, 5.74) is 7.28. The smallest absolute Gasteiger partial charge is 0.248 e. The van der Waals surface area contributed by atoms with Crippen LogP contribution in [0, 0.1) is 11.8 Å². The second kappa shape index (κ2) is 13.7. The molecule has 2 atom stereocenters. The molecule has 48 heavy (non-hydrogen) atoms. The van der Waals surface area contributed by atoms with E-state index in [1.54, 1.807) is 42.5 Å². The molecule has 1 fully saturated rings. The van der Waals surface area contributed by atoms with Crippen LogP contribution in [0.4, 0.5) is 5.69 Å². The van der Waals surface area contributed by atoms with Crippen molar-refractivity contribution in [1.82, 2.24) is 5.32 Å². The number of nitrogens with two attached hydrogens (primary N) is 1. The summed E-state index contributed by atoms with van der Waals surface area (Å²) in [5.74, 6) is -1.84. The van der Waals surface area contributed by atoms with E-state index in [1.807, 2.05) is 0 Å². The Hall–Kier alpha value is -6.20. The van der Waals surface area contributed by atoms with Crippen LogP contribution in [0.5, 0.6) is 40.2 Å². The number of amides is 3.